The fourth-order valence-corrected chi connectivity index (χ4v) is 2.55. The van der Waals surface area contributed by atoms with Crippen LogP contribution in [-0.2, 0) is 6.54 Å². The number of hydrogen-bond donors (Lipinski definition) is 1. The maximum absolute atomic E-state index is 5.45. The lowest BCUT2D eigenvalue weighted by Gasteiger charge is -2.23. The average molecular weight is 453 g/mol. The zero-order chi connectivity index (χ0) is 16.4. The third-order valence-corrected chi connectivity index (χ3v) is 3.98. The van der Waals surface area contributed by atoms with E-state index in [4.69, 9.17) is 9.47 Å². The van der Waals surface area contributed by atoms with Crippen molar-refractivity contribution in [1.82, 2.24) is 10.2 Å². The molecule has 0 heterocycles. The molecule has 1 aromatic carbocycles. The molecular formula is C16H28IN3O2S. The van der Waals surface area contributed by atoms with Gasteiger partial charge in [-0.1, -0.05) is 0 Å². The van der Waals surface area contributed by atoms with E-state index in [1.165, 1.54) is 0 Å². The van der Waals surface area contributed by atoms with Crippen LogP contribution in [0.1, 0.15) is 12.0 Å². The second-order valence-electron chi connectivity index (χ2n) is 4.85. The third-order valence-electron chi connectivity index (χ3n) is 3.28. The lowest BCUT2D eigenvalue weighted by Crippen LogP contribution is -2.39. The molecule has 0 amide bonds. The van der Waals surface area contributed by atoms with Gasteiger partial charge in [0.2, 0.25) is 0 Å². The van der Waals surface area contributed by atoms with Crippen LogP contribution in [-0.4, -0.2) is 57.7 Å². The Morgan fingerprint density at radius 3 is 2.61 bits per heavy atom. The largest absolute Gasteiger partial charge is 0.497 e. The Hall–Kier alpha value is -0.830. The van der Waals surface area contributed by atoms with E-state index in [0.29, 0.717) is 0 Å². The van der Waals surface area contributed by atoms with Crippen LogP contribution in [0.3, 0.4) is 0 Å². The summed E-state index contributed by atoms with van der Waals surface area (Å²) < 4.78 is 10.7. The highest BCUT2D eigenvalue weighted by atomic mass is 127. The second kappa shape index (κ2) is 12.6. The van der Waals surface area contributed by atoms with Gasteiger partial charge in [0.05, 0.1) is 14.2 Å². The van der Waals surface area contributed by atoms with Gasteiger partial charge in [-0.05, 0) is 30.6 Å². The predicted octanol–water partition coefficient (Wildman–Crippen LogP) is 3.08. The first kappa shape index (κ1) is 22.2. The smallest absolute Gasteiger partial charge is 0.193 e. The number of rotatable bonds is 8. The van der Waals surface area contributed by atoms with Gasteiger partial charge in [-0.25, -0.2) is 0 Å². The highest BCUT2D eigenvalue weighted by Gasteiger charge is 2.11. The lowest BCUT2D eigenvalue weighted by atomic mass is 10.2. The molecule has 0 saturated carbocycles. The van der Waals surface area contributed by atoms with Crippen molar-refractivity contribution in [2.75, 3.05) is 46.9 Å². The summed E-state index contributed by atoms with van der Waals surface area (Å²) in [6, 6.07) is 5.87. The molecule has 23 heavy (non-hydrogen) atoms. The maximum Gasteiger partial charge on any atom is 0.193 e. The minimum atomic E-state index is 0. The van der Waals surface area contributed by atoms with Gasteiger partial charge >= 0.3 is 0 Å². The van der Waals surface area contributed by atoms with Gasteiger partial charge in [0.1, 0.15) is 11.5 Å². The van der Waals surface area contributed by atoms with E-state index < -0.39 is 0 Å². The molecule has 5 nitrogen and oxygen atoms in total. The molecule has 0 spiro atoms. The van der Waals surface area contributed by atoms with Crippen LogP contribution in [0.25, 0.3) is 0 Å². The summed E-state index contributed by atoms with van der Waals surface area (Å²) in [6.07, 6.45) is 3.25. The summed E-state index contributed by atoms with van der Waals surface area (Å²) in [5.41, 5.74) is 1.10. The average Bonchev–Trinajstić information content (AvgIpc) is 2.55. The van der Waals surface area contributed by atoms with Gasteiger partial charge in [0.25, 0.3) is 0 Å². The lowest BCUT2D eigenvalue weighted by molar-refractivity contribution is 0.382. The van der Waals surface area contributed by atoms with E-state index in [0.717, 1.165) is 48.3 Å². The molecule has 0 atom stereocenters. The quantitative estimate of drug-likeness (QED) is 0.284. The summed E-state index contributed by atoms with van der Waals surface area (Å²) in [6.45, 7) is 1.65. The van der Waals surface area contributed by atoms with Crippen molar-refractivity contribution in [3.05, 3.63) is 23.8 Å². The van der Waals surface area contributed by atoms with Crippen LogP contribution in [0.4, 0.5) is 0 Å². The van der Waals surface area contributed by atoms with Gasteiger partial charge in [-0.15, -0.1) is 24.0 Å². The highest BCUT2D eigenvalue weighted by molar-refractivity contribution is 14.0. The van der Waals surface area contributed by atoms with Gasteiger partial charge in [-0.2, -0.15) is 11.8 Å². The first-order valence-corrected chi connectivity index (χ1v) is 8.67. The first-order chi connectivity index (χ1) is 10.7. The standard InChI is InChI=1S/C16H27N3O2S.HI/c1-17-16(18-9-6-10-22-5)19(2)12-13-7-8-14(20-3)11-15(13)21-4;/h7-8,11H,6,9-10,12H2,1-5H3,(H,17,18);1H. The molecule has 0 aliphatic rings. The van der Waals surface area contributed by atoms with E-state index >= 15 is 0 Å². The number of guanidine groups is 1. The zero-order valence-corrected chi connectivity index (χ0v) is 17.7. The Balaban J connectivity index is 0.00000484. The van der Waals surface area contributed by atoms with Crippen molar-refractivity contribution in [2.24, 2.45) is 4.99 Å². The Morgan fingerprint density at radius 1 is 1.30 bits per heavy atom. The molecule has 0 aliphatic carbocycles. The number of halogens is 1. The van der Waals surface area contributed by atoms with Crippen LogP contribution in [0.2, 0.25) is 0 Å². The van der Waals surface area contributed by atoms with Gasteiger partial charge in [-0.3, -0.25) is 4.99 Å². The third kappa shape index (κ3) is 7.52. The van der Waals surface area contributed by atoms with E-state index in [-0.39, 0.29) is 24.0 Å². The Morgan fingerprint density at radius 2 is 2.04 bits per heavy atom. The van der Waals surface area contributed by atoms with E-state index in [1.54, 1.807) is 21.3 Å². The Kier molecular flexibility index (Phi) is 12.1. The molecule has 0 aliphatic heterocycles. The maximum atomic E-state index is 5.45. The Labute approximate surface area is 161 Å². The number of hydrogen-bond acceptors (Lipinski definition) is 4. The van der Waals surface area contributed by atoms with Gasteiger partial charge in [0.15, 0.2) is 5.96 Å². The number of nitrogens with one attached hydrogen (secondary N) is 1. The summed E-state index contributed by atoms with van der Waals surface area (Å²) in [5, 5.41) is 3.38. The number of aliphatic imine (C=N–C) groups is 1. The highest BCUT2D eigenvalue weighted by Crippen LogP contribution is 2.25. The molecule has 0 aromatic heterocycles. The number of nitrogens with zero attached hydrogens (tertiary/aromatic N) is 2. The molecule has 0 unspecified atom stereocenters. The Bertz CT molecular complexity index is 486. The summed E-state index contributed by atoms with van der Waals surface area (Å²) >= 11 is 1.86. The summed E-state index contributed by atoms with van der Waals surface area (Å²) in [4.78, 5) is 6.42. The topological polar surface area (TPSA) is 46.1 Å². The normalized spacial score (nSPS) is 10.7. The molecule has 0 fully saturated rings. The van der Waals surface area contributed by atoms with Crippen molar-refractivity contribution >= 4 is 41.7 Å². The minimum absolute atomic E-state index is 0. The molecule has 0 radical (unpaired) electrons. The molecule has 1 aromatic rings. The SMILES string of the molecule is CN=C(NCCCSC)N(C)Cc1ccc(OC)cc1OC.I. The van der Waals surface area contributed by atoms with Crippen LogP contribution in [0.15, 0.2) is 23.2 Å². The molecule has 1 rings (SSSR count). The van der Waals surface area contributed by atoms with Gasteiger partial charge < -0.3 is 19.7 Å². The molecule has 7 heteroatoms. The summed E-state index contributed by atoms with van der Waals surface area (Å²) in [7, 11) is 7.15. The molecule has 0 bridgehead atoms. The van der Waals surface area contributed by atoms with Crippen LogP contribution in [0, 0.1) is 0 Å². The fourth-order valence-electron chi connectivity index (χ4n) is 2.11. The molecule has 132 valence electrons. The van der Waals surface area contributed by atoms with Gasteiger partial charge in [0, 0.05) is 38.8 Å². The fraction of sp³-hybridized carbons (Fsp3) is 0.562. The number of thioether (sulfide) groups is 1. The van der Waals surface area contributed by atoms with Crippen LogP contribution in [0.5, 0.6) is 11.5 Å². The van der Waals surface area contributed by atoms with Crippen molar-refractivity contribution < 1.29 is 9.47 Å². The minimum Gasteiger partial charge on any atom is -0.497 e. The van der Waals surface area contributed by atoms with Crippen LogP contribution >= 0.6 is 35.7 Å². The van der Waals surface area contributed by atoms with E-state index in [2.05, 4.69) is 21.5 Å². The number of benzene rings is 1. The number of methoxy groups -OCH3 is 2. The van der Waals surface area contributed by atoms with E-state index in [9.17, 15) is 0 Å². The van der Waals surface area contributed by atoms with E-state index in [1.807, 2.05) is 37.0 Å². The summed E-state index contributed by atoms with van der Waals surface area (Å²) in [5.74, 6) is 3.66. The molecule has 1 N–H and O–H groups in total. The monoisotopic (exact) mass is 453 g/mol. The van der Waals surface area contributed by atoms with Crippen molar-refractivity contribution in [1.29, 1.82) is 0 Å². The first-order valence-electron chi connectivity index (χ1n) is 7.27. The van der Waals surface area contributed by atoms with Crippen molar-refractivity contribution in [3.63, 3.8) is 0 Å². The number of ether oxygens (including phenoxy) is 2. The molecule has 0 saturated heterocycles. The zero-order valence-electron chi connectivity index (χ0n) is 14.6. The molecular weight excluding hydrogens is 425 g/mol. The second-order valence-corrected chi connectivity index (χ2v) is 5.84. The van der Waals surface area contributed by atoms with Crippen molar-refractivity contribution in [3.8, 4) is 11.5 Å². The van der Waals surface area contributed by atoms with Crippen molar-refractivity contribution in [2.45, 2.75) is 13.0 Å². The predicted molar refractivity (Wildman–Crippen MR) is 111 cm³/mol. The van der Waals surface area contributed by atoms with Crippen LogP contribution < -0.4 is 14.8 Å².